The number of furan rings is 1. The Hall–Kier alpha value is -4.24. The van der Waals surface area contributed by atoms with E-state index in [1.54, 1.807) is 6.07 Å². The molecular formula is C22H12ClFN2O6. The smallest absolute Gasteiger partial charge is 0.337 e. The van der Waals surface area contributed by atoms with Crippen molar-refractivity contribution < 1.29 is 33.1 Å². The highest BCUT2D eigenvalue weighted by Crippen LogP contribution is 2.28. The zero-order valence-electron chi connectivity index (χ0n) is 16.0. The van der Waals surface area contributed by atoms with Crippen LogP contribution in [0.2, 0.25) is 5.02 Å². The molecule has 1 fully saturated rings. The number of rotatable bonds is 4. The maximum Gasteiger partial charge on any atom is 0.337 e. The highest BCUT2D eigenvalue weighted by atomic mass is 35.5. The first-order valence-electron chi connectivity index (χ1n) is 9.04. The van der Waals surface area contributed by atoms with Crippen molar-refractivity contribution in [2.75, 3.05) is 4.90 Å². The molecule has 0 unspecified atom stereocenters. The first kappa shape index (κ1) is 21.0. The molecule has 0 aliphatic carbocycles. The minimum atomic E-state index is -1.21. The van der Waals surface area contributed by atoms with Crippen molar-refractivity contribution in [3.63, 3.8) is 0 Å². The van der Waals surface area contributed by atoms with E-state index in [0.717, 1.165) is 18.2 Å². The Kier molecular flexibility index (Phi) is 5.33. The molecule has 32 heavy (non-hydrogen) atoms. The fourth-order valence-electron chi connectivity index (χ4n) is 3.05. The third kappa shape index (κ3) is 3.88. The molecule has 160 valence electrons. The largest absolute Gasteiger partial charge is 0.478 e. The van der Waals surface area contributed by atoms with Gasteiger partial charge >= 0.3 is 12.0 Å². The third-order valence-corrected chi connectivity index (χ3v) is 4.91. The molecule has 1 aliphatic heterocycles. The maximum absolute atomic E-state index is 13.2. The molecule has 2 heterocycles. The number of benzene rings is 2. The molecular weight excluding hydrogens is 443 g/mol. The average molecular weight is 455 g/mol. The van der Waals surface area contributed by atoms with Crippen LogP contribution in [0.15, 0.2) is 64.6 Å². The molecule has 0 spiro atoms. The highest BCUT2D eigenvalue weighted by molar-refractivity contribution is 6.39. The number of carboxylic acids is 1. The van der Waals surface area contributed by atoms with Crippen LogP contribution >= 0.6 is 11.6 Å². The van der Waals surface area contributed by atoms with Gasteiger partial charge in [0.05, 0.1) is 16.3 Å². The summed E-state index contributed by atoms with van der Waals surface area (Å²) in [4.78, 5) is 49.2. The Morgan fingerprint density at radius 1 is 1.06 bits per heavy atom. The maximum atomic E-state index is 13.2. The van der Waals surface area contributed by atoms with Crippen LogP contribution < -0.4 is 10.2 Å². The lowest BCUT2D eigenvalue weighted by Crippen LogP contribution is -2.54. The van der Waals surface area contributed by atoms with Gasteiger partial charge in [-0.05, 0) is 60.7 Å². The van der Waals surface area contributed by atoms with E-state index in [1.807, 2.05) is 0 Å². The van der Waals surface area contributed by atoms with Gasteiger partial charge in [-0.1, -0.05) is 11.6 Å². The Balaban J connectivity index is 1.67. The van der Waals surface area contributed by atoms with Crippen molar-refractivity contribution in [3.8, 4) is 11.3 Å². The van der Waals surface area contributed by atoms with Gasteiger partial charge in [0.25, 0.3) is 11.8 Å². The Morgan fingerprint density at radius 2 is 1.78 bits per heavy atom. The van der Waals surface area contributed by atoms with Gasteiger partial charge in [-0.25, -0.2) is 18.9 Å². The van der Waals surface area contributed by atoms with E-state index in [-0.39, 0.29) is 33.4 Å². The van der Waals surface area contributed by atoms with Crippen molar-refractivity contribution in [1.29, 1.82) is 0 Å². The number of amides is 4. The van der Waals surface area contributed by atoms with E-state index in [0.29, 0.717) is 10.5 Å². The second-order valence-electron chi connectivity index (χ2n) is 6.64. The van der Waals surface area contributed by atoms with Crippen LogP contribution in [0.25, 0.3) is 17.4 Å². The van der Waals surface area contributed by atoms with Crippen LogP contribution in [0.1, 0.15) is 16.1 Å². The summed E-state index contributed by atoms with van der Waals surface area (Å²) in [7, 11) is 0. The van der Waals surface area contributed by atoms with Crippen LogP contribution in [0, 0.1) is 5.82 Å². The van der Waals surface area contributed by atoms with Crippen LogP contribution in [-0.2, 0) is 9.59 Å². The molecule has 8 nitrogen and oxygen atoms in total. The second-order valence-corrected chi connectivity index (χ2v) is 7.04. The number of hydrogen-bond donors (Lipinski definition) is 2. The number of nitrogens with zero attached hydrogens (tertiary/aromatic N) is 1. The number of anilines is 1. The molecule has 10 heteroatoms. The number of aromatic carboxylic acids is 1. The standard InChI is InChI=1S/C22H12ClFN2O6/c23-17-7-1-11(9-15(17)21(29)30)18-8-6-14(32-18)10-16-19(27)25-22(31)26(20(16)28)13-4-2-12(24)3-5-13/h1-10H,(H,29,30)(H,25,27,31)/b16-10-. The fourth-order valence-corrected chi connectivity index (χ4v) is 3.25. The van der Waals surface area contributed by atoms with Gasteiger partial charge in [-0.2, -0.15) is 0 Å². The van der Waals surface area contributed by atoms with Crippen molar-refractivity contribution in [3.05, 3.63) is 82.3 Å². The third-order valence-electron chi connectivity index (χ3n) is 4.58. The predicted octanol–water partition coefficient (Wildman–Crippen LogP) is 4.10. The van der Waals surface area contributed by atoms with Gasteiger partial charge in [-0.3, -0.25) is 14.9 Å². The zero-order valence-corrected chi connectivity index (χ0v) is 16.7. The van der Waals surface area contributed by atoms with Gasteiger partial charge in [-0.15, -0.1) is 0 Å². The molecule has 0 atom stereocenters. The van der Waals surface area contributed by atoms with Gasteiger partial charge < -0.3 is 9.52 Å². The number of hydrogen-bond acceptors (Lipinski definition) is 5. The number of urea groups is 1. The number of barbiturate groups is 1. The SMILES string of the molecule is O=C1NC(=O)N(c2ccc(F)cc2)C(=O)/C1=C\c1ccc(-c2ccc(Cl)c(C(=O)O)c2)o1. The molecule has 1 aliphatic rings. The number of carbonyl (C=O) groups is 4. The summed E-state index contributed by atoms with van der Waals surface area (Å²) in [6.45, 7) is 0. The fraction of sp³-hybridized carbons (Fsp3) is 0. The van der Waals surface area contributed by atoms with E-state index < -0.39 is 29.6 Å². The molecule has 4 rings (SSSR count). The van der Waals surface area contributed by atoms with E-state index in [4.69, 9.17) is 16.0 Å². The topological polar surface area (TPSA) is 117 Å². The molecule has 4 amide bonds. The summed E-state index contributed by atoms with van der Waals surface area (Å²) in [5.74, 6) is -3.22. The van der Waals surface area contributed by atoms with E-state index >= 15 is 0 Å². The van der Waals surface area contributed by atoms with Crippen LogP contribution in [0.3, 0.4) is 0 Å². The van der Waals surface area contributed by atoms with Crippen molar-refractivity contribution in [1.82, 2.24) is 5.32 Å². The summed E-state index contributed by atoms with van der Waals surface area (Å²) in [6.07, 6.45) is 1.15. The molecule has 0 bridgehead atoms. The lowest BCUT2D eigenvalue weighted by molar-refractivity contribution is -0.122. The number of carboxylic acid groups (broad SMARTS) is 1. The summed E-state index contributed by atoms with van der Waals surface area (Å²) >= 11 is 5.87. The zero-order chi connectivity index (χ0) is 23.0. The predicted molar refractivity (Wildman–Crippen MR) is 112 cm³/mol. The number of carbonyl (C=O) groups excluding carboxylic acids is 3. The number of nitrogens with one attached hydrogen (secondary N) is 1. The number of halogens is 2. The van der Waals surface area contributed by atoms with Crippen LogP contribution in [0.5, 0.6) is 0 Å². The first-order chi connectivity index (χ1) is 15.2. The monoisotopic (exact) mass is 454 g/mol. The molecule has 3 aromatic rings. The van der Waals surface area contributed by atoms with Crippen LogP contribution in [-0.4, -0.2) is 28.9 Å². The van der Waals surface area contributed by atoms with Crippen molar-refractivity contribution >= 4 is 47.2 Å². The first-order valence-corrected chi connectivity index (χ1v) is 9.42. The lowest BCUT2D eigenvalue weighted by Gasteiger charge is -2.26. The van der Waals surface area contributed by atoms with Crippen molar-refractivity contribution in [2.24, 2.45) is 0 Å². The second kappa shape index (κ2) is 8.12. The summed E-state index contributed by atoms with van der Waals surface area (Å²) in [6, 6.07) is 10.9. The molecule has 2 N–H and O–H groups in total. The van der Waals surface area contributed by atoms with Gasteiger partial charge in [0.15, 0.2) is 0 Å². The molecule has 0 saturated carbocycles. The summed E-state index contributed by atoms with van der Waals surface area (Å²) in [5.41, 5.74) is 0.00158. The minimum absolute atomic E-state index is 0.0603. The Labute approximate surface area is 184 Å². The molecule has 2 aromatic carbocycles. The van der Waals surface area contributed by atoms with Crippen LogP contribution in [0.4, 0.5) is 14.9 Å². The minimum Gasteiger partial charge on any atom is -0.478 e. The normalized spacial score (nSPS) is 15.2. The van der Waals surface area contributed by atoms with Gasteiger partial charge in [0, 0.05) is 5.56 Å². The molecule has 0 radical (unpaired) electrons. The number of imide groups is 2. The quantitative estimate of drug-likeness (QED) is 0.452. The average Bonchev–Trinajstić information content (AvgIpc) is 3.21. The molecule has 1 saturated heterocycles. The van der Waals surface area contributed by atoms with Crippen molar-refractivity contribution in [2.45, 2.75) is 0 Å². The van der Waals surface area contributed by atoms with Gasteiger partial charge in [0.1, 0.15) is 22.9 Å². The Bertz CT molecular complexity index is 1310. The van der Waals surface area contributed by atoms with E-state index in [2.05, 4.69) is 5.32 Å². The molecule has 1 aromatic heterocycles. The van der Waals surface area contributed by atoms with E-state index in [9.17, 15) is 28.7 Å². The van der Waals surface area contributed by atoms with Gasteiger partial charge in [0.2, 0.25) is 0 Å². The highest BCUT2D eigenvalue weighted by Gasteiger charge is 2.37. The Morgan fingerprint density at radius 3 is 2.47 bits per heavy atom. The summed E-state index contributed by atoms with van der Waals surface area (Å²) < 4.78 is 18.8. The summed E-state index contributed by atoms with van der Waals surface area (Å²) in [5, 5.41) is 11.3. The lowest BCUT2D eigenvalue weighted by atomic mass is 10.1. The van der Waals surface area contributed by atoms with E-state index in [1.165, 1.54) is 36.4 Å².